The Morgan fingerprint density at radius 3 is 2.31 bits per heavy atom. The Hall–Kier alpha value is -1.78. The highest BCUT2D eigenvalue weighted by atomic mass is 16.4. The molecule has 1 unspecified atom stereocenters. The van der Waals surface area contributed by atoms with Crippen LogP contribution in [0.5, 0.6) is 0 Å². The number of carbonyl (C=O) groups is 2. The van der Waals surface area contributed by atoms with Gasteiger partial charge in [0.25, 0.3) is 0 Å². The van der Waals surface area contributed by atoms with Gasteiger partial charge in [0.1, 0.15) is 0 Å². The van der Waals surface area contributed by atoms with Crippen LogP contribution >= 0.6 is 0 Å². The van der Waals surface area contributed by atoms with Crippen molar-refractivity contribution in [1.29, 1.82) is 0 Å². The molecule has 1 rings (SSSR count). The number of aromatic nitrogens is 1. The summed E-state index contributed by atoms with van der Waals surface area (Å²) in [7, 11) is 0. The molecule has 0 aliphatic rings. The Labute approximate surface area is 75.0 Å². The number of rotatable bonds is 3. The van der Waals surface area contributed by atoms with Gasteiger partial charge in [-0.25, -0.2) is 4.79 Å². The molecule has 5 heteroatoms. The molecule has 0 aliphatic carbocycles. The van der Waals surface area contributed by atoms with Crippen molar-refractivity contribution in [3.63, 3.8) is 0 Å². The third kappa shape index (κ3) is 2.33. The normalized spacial score (nSPS) is 12.1. The highest BCUT2D eigenvalue weighted by Gasteiger charge is 2.18. The molecule has 0 saturated carbocycles. The molecule has 0 aliphatic heterocycles. The Morgan fingerprint density at radius 1 is 1.38 bits per heavy atom. The molecule has 1 atom stereocenters. The molecule has 0 aromatic carbocycles. The van der Waals surface area contributed by atoms with Gasteiger partial charge in [-0.2, -0.15) is 0 Å². The third-order valence-corrected chi connectivity index (χ3v) is 1.50. The van der Waals surface area contributed by atoms with E-state index >= 15 is 0 Å². The van der Waals surface area contributed by atoms with Crippen LogP contribution in [0.15, 0.2) is 24.5 Å². The quantitative estimate of drug-likeness (QED) is 0.701. The van der Waals surface area contributed by atoms with E-state index in [-0.39, 0.29) is 5.91 Å². The molecule has 1 amide bonds. The van der Waals surface area contributed by atoms with E-state index < -0.39 is 12.1 Å². The van der Waals surface area contributed by atoms with E-state index in [0.717, 1.165) is 0 Å². The van der Waals surface area contributed by atoms with Gasteiger partial charge in [0.05, 0.1) is 0 Å². The standard InChI is InChI=1S/C8H10N2O3/c1-6(11)9-7(8(12)13)10-4-2-3-5-10/h2-5,7H,1H3,(H,9,11)(H,12,13). The van der Waals surface area contributed by atoms with Crippen LogP contribution in [0.25, 0.3) is 0 Å². The SMILES string of the molecule is CC(=O)NC(C(=O)O)n1cccc1. The van der Waals surface area contributed by atoms with Gasteiger partial charge in [-0.1, -0.05) is 0 Å². The number of carbonyl (C=O) groups excluding carboxylic acids is 1. The summed E-state index contributed by atoms with van der Waals surface area (Å²) >= 11 is 0. The molecule has 0 bridgehead atoms. The fourth-order valence-corrected chi connectivity index (χ4v) is 0.976. The maximum Gasteiger partial charge on any atom is 0.347 e. The summed E-state index contributed by atoms with van der Waals surface area (Å²) in [6, 6.07) is 3.38. The van der Waals surface area contributed by atoms with E-state index in [0.29, 0.717) is 0 Å². The van der Waals surface area contributed by atoms with Gasteiger partial charge < -0.3 is 15.0 Å². The lowest BCUT2D eigenvalue weighted by molar-refractivity contribution is -0.144. The van der Waals surface area contributed by atoms with Crippen LogP contribution in [0.2, 0.25) is 0 Å². The van der Waals surface area contributed by atoms with E-state index in [1.165, 1.54) is 11.5 Å². The number of carboxylic acid groups (broad SMARTS) is 1. The second kappa shape index (κ2) is 3.75. The molecule has 1 aromatic heterocycles. The summed E-state index contributed by atoms with van der Waals surface area (Å²) in [4.78, 5) is 21.4. The van der Waals surface area contributed by atoms with Crippen LogP contribution in [0.3, 0.4) is 0 Å². The third-order valence-electron chi connectivity index (χ3n) is 1.50. The topological polar surface area (TPSA) is 71.3 Å². The summed E-state index contributed by atoms with van der Waals surface area (Å²) in [5.41, 5.74) is 0. The van der Waals surface area contributed by atoms with Crippen LogP contribution in [0.1, 0.15) is 13.1 Å². The lowest BCUT2D eigenvalue weighted by atomic mass is 10.4. The minimum absolute atomic E-state index is 0.374. The van der Waals surface area contributed by atoms with Crippen LogP contribution < -0.4 is 5.32 Å². The van der Waals surface area contributed by atoms with Gasteiger partial charge >= 0.3 is 5.97 Å². The molecule has 13 heavy (non-hydrogen) atoms. The van der Waals surface area contributed by atoms with Crippen molar-refractivity contribution in [3.05, 3.63) is 24.5 Å². The number of nitrogens with one attached hydrogen (secondary N) is 1. The zero-order valence-electron chi connectivity index (χ0n) is 7.10. The fraction of sp³-hybridized carbons (Fsp3) is 0.250. The minimum atomic E-state index is -1.09. The number of hydrogen-bond donors (Lipinski definition) is 2. The van der Waals surface area contributed by atoms with Crippen molar-refractivity contribution >= 4 is 11.9 Å². The maximum atomic E-state index is 10.7. The largest absolute Gasteiger partial charge is 0.478 e. The van der Waals surface area contributed by atoms with Crippen molar-refractivity contribution in [3.8, 4) is 0 Å². The molecule has 2 N–H and O–H groups in total. The molecule has 0 fully saturated rings. The molecule has 70 valence electrons. The van der Waals surface area contributed by atoms with E-state index in [4.69, 9.17) is 5.11 Å². The predicted molar refractivity (Wildman–Crippen MR) is 44.9 cm³/mol. The van der Waals surface area contributed by atoms with Gasteiger partial charge in [-0.05, 0) is 12.1 Å². The van der Waals surface area contributed by atoms with Crippen molar-refractivity contribution in [2.24, 2.45) is 0 Å². The second-order valence-electron chi connectivity index (χ2n) is 2.57. The molecule has 0 saturated heterocycles. The van der Waals surface area contributed by atoms with Crippen LogP contribution in [0.4, 0.5) is 0 Å². The number of hydrogen-bond acceptors (Lipinski definition) is 2. The molecule has 1 heterocycles. The van der Waals surface area contributed by atoms with E-state index in [1.54, 1.807) is 24.5 Å². The second-order valence-corrected chi connectivity index (χ2v) is 2.57. The molecular formula is C8H10N2O3. The van der Waals surface area contributed by atoms with Gasteiger partial charge in [-0.15, -0.1) is 0 Å². The Balaban J connectivity index is 2.81. The molecule has 1 aromatic rings. The summed E-state index contributed by atoms with van der Waals surface area (Å²) in [6.07, 6.45) is 2.14. The molecular weight excluding hydrogens is 172 g/mol. The highest BCUT2D eigenvalue weighted by molar-refractivity contribution is 5.80. The van der Waals surface area contributed by atoms with E-state index in [1.807, 2.05) is 0 Å². The zero-order chi connectivity index (χ0) is 9.84. The average molecular weight is 182 g/mol. The fourth-order valence-electron chi connectivity index (χ4n) is 0.976. The lowest BCUT2D eigenvalue weighted by Gasteiger charge is -2.14. The van der Waals surface area contributed by atoms with E-state index in [9.17, 15) is 9.59 Å². The highest BCUT2D eigenvalue weighted by Crippen LogP contribution is 2.02. The first-order chi connectivity index (χ1) is 6.11. The van der Waals surface area contributed by atoms with Gasteiger partial charge in [-0.3, -0.25) is 4.79 Å². The van der Waals surface area contributed by atoms with Crippen molar-refractivity contribution in [2.75, 3.05) is 0 Å². The van der Waals surface area contributed by atoms with Crippen LogP contribution in [0, 0.1) is 0 Å². The number of amides is 1. The maximum absolute atomic E-state index is 10.7. The Bertz CT molecular complexity index is 305. The Morgan fingerprint density at radius 2 is 1.92 bits per heavy atom. The van der Waals surface area contributed by atoms with Crippen molar-refractivity contribution in [2.45, 2.75) is 13.1 Å². The van der Waals surface area contributed by atoms with Gasteiger partial charge in [0.15, 0.2) is 0 Å². The number of aliphatic carboxylic acids is 1. The lowest BCUT2D eigenvalue weighted by Crippen LogP contribution is -2.35. The first-order valence-electron chi connectivity index (χ1n) is 3.73. The first kappa shape index (κ1) is 9.31. The molecule has 0 spiro atoms. The van der Waals surface area contributed by atoms with Gasteiger partial charge in [0.2, 0.25) is 12.1 Å². The summed E-state index contributed by atoms with van der Waals surface area (Å²) < 4.78 is 1.41. The predicted octanol–water partition coefficient (Wildman–Crippen LogP) is 0.207. The monoisotopic (exact) mass is 182 g/mol. The van der Waals surface area contributed by atoms with Crippen molar-refractivity contribution < 1.29 is 14.7 Å². The van der Waals surface area contributed by atoms with Crippen molar-refractivity contribution in [1.82, 2.24) is 9.88 Å². The molecule has 5 nitrogen and oxygen atoms in total. The number of carboxylic acids is 1. The summed E-state index contributed by atoms with van der Waals surface area (Å²) in [5.74, 6) is -1.47. The van der Waals surface area contributed by atoms with Crippen LogP contribution in [-0.2, 0) is 9.59 Å². The Kier molecular flexibility index (Phi) is 2.69. The average Bonchev–Trinajstić information content (AvgIpc) is 2.50. The zero-order valence-corrected chi connectivity index (χ0v) is 7.10. The van der Waals surface area contributed by atoms with Crippen LogP contribution in [-0.4, -0.2) is 21.6 Å². The number of nitrogens with zero attached hydrogens (tertiary/aromatic N) is 1. The molecule has 0 radical (unpaired) electrons. The summed E-state index contributed by atoms with van der Waals surface area (Å²) in [5, 5.41) is 11.1. The smallest absolute Gasteiger partial charge is 0.347 e. The minimum Gasteiger partial charge on any atom is -0.478 e. The summed E-state index contributed by atoms with van der Waals surface area (Å²) in [6.45, 7) is 1.28. The van der Waals surface area contributed by atoms with E-state index in [2.05, 4.69) is 5.32 Å². The first-order valence-corrected chi connectivity index (χ1v) is 3.73. The van der Waals surface area contributed by atoms with Gasteiger partial charge in [0, 0.05) is 19.3 Å².